The second kappa shape index (κ2) is 6.12. The lowest BCUT2D eigenvalue weighted by Crippen LogP contribution is -2.35. The normalized spacial score (nSPS) is 17.6. The number of hydrogen-bond donors (Lipinski definition) is 1. The predicted octanol–water partition coefficient (Wildman–Crippen LogP) is 2.04. The van der Waals surface area contributed by atoms with Gasteiger partial charge in [-0.25, -0.2) is 22.0 Å². The average molecular weight is 380 g/mol. The molecule has 0 radical (unpaired) electrons. The highest BCUT2D eigenvalue weighted by Gasteiger charge is 2.36. The van der Waals surface area contributed by atoms with Crippen molar-refractivity contribution in [2.75, 3.05) is 4.31 Å². The summed E-state index contributed by atoms with van der Waals surface area (Å²) < 4.78 is 50.5. The van der Waals surface area contributed by atoms with E-state index in [1.165, 1.54) is 22.5 Å². The Morgan fingerprint density at radius 1 is 1.04 bits per heavy atom. The van der Waals surface area contributed by atoms with Gasteiger partial charge in [0.1, 0.15) is 0 Å². The van der Waals surface area contributed by atoms with Crippen molar-refractivity contribution in [1.29, 1.82) is 0 Å². The molecule has 25 heavy (non-hydrogen) atoms. The van der Waals surface area contributed by atoms with E-state index in [2.05, 4.69) is 0 Å². The van der Waals surface area contributed by atoms with Crippen molar-refractivity contribution in [3.05, 3.63) is 53.6 Å². The Morgan fingerprint density at radius 2 is 1.64 bits per heavy atom. The van der Waals surface area contributed by atoms with Crippen LogP contribution < -0.4 is 9.44 Å². The van der Waals surface area contributed by atoms with Gasteiger partial charge in [-0.1, -0.05) is 19.1 Å². The highest BCUT2D eigenvalue weighted by Crippen LogP contribution is 2.37. The summed E-state index contributed by atoms with van der Waals surface area (Å²) in [6.07, 6.45) is 1.27. The fourth-order valence-electron chi connectivity index (χ4n) is 3.13. The van der Waals surface area contributed by atoms with Crippen molar-refractivity contribution in [3.8, 4) is 0 Å². The Morgan fingerprint density at radius 3 is 2.20 bits per heavy atom. The van der Waals surface area contributed by atoms with E-state index in [0.717, 1.165) is 12.0 Å². The van der Waals surface area contributed by atoms with E-state index in [4.69, 9.17) is 5.14 Å². The summed E-state index contributed by atoms with van der Waals surface area (Å²) in [5, 5.41) is 5.16. The zero-order chi connectivity index (χ0) is 18.4. The molecule has 2 aromatic rings. The van der Waals surface area contributed by atoms with Gasteiger partial charge in [0.05, 0.1) is 15.5 Å². The van der Waals surface area contributed by atoms with E-state index in [1.54, 1.807) is 31.2 Å². The van der Waals surface area contributed by atoms with Crippen molar-refractivity contribution in [1.82, 2.24) is 0 Å². The van der Waals surface area contributed by atoms with Crippen LogP contribution in [-0.2, 0) is 32.9 Å². The molecule has 1 aliphatic rings. The molecule has 1 unspecified atom stereocenters. The van der Waals surface area contributed by atoms with Gasteiger partial charge in [-0.15, -0.1) is 0 Å². The molecule has 0 bridgehead atoms. The third-order valence-corrected chi connectivity index (χ3v) is 7.27. The van der Waals surface area contributed by atoms with Crippen LogP contribution in [0.5, 0.6) is 0 Å². The molecule has 0 spiro atoms. The van der Waals surface area contributed by atoms with E-state index in [-0.39, 0.29) is 15.8 Å². The molecule has 1 atom stereocenters. The fourth-order valence-corrected chi connectivity index (χ4v) is 5.39. The molecule has 134 valence electrons. The van der Waals surface area contributed by atoms with Gasteiger partial charge in [0.25, 0.3) is 10.0 Å². The molecule has 0 aliphatic carbocycles. The molecule has 0 aromatic heterocycles. The minimum atomic E-state index is -3.82. The van der Waals surface area contributed by atoms with Gasteiger partial charge in [0.15, 0.2) is 0 Å². The lowest BCUT2D eigenvalue weighted by molar-refractivity contribution is 0.584. The Hall–Kier alpha value is -1.90. The summed E-state index contributed by atoms with van der Waals surface area (Å²) in [6, 6.07) is 10.8. The number of primary sulfonamides is 1. The molecule has 2 aromatic carbocycles. The predicted molar refractivity (Wildman–Crippen MR) is 96.5 cm³/mol. The van der Waals surface area contributed by atoms with Gasteiger partial charge in [-0.3, -0.25) is 4.31 Å². The van der Waals surface area contributed by atoms with Crippen LogP contribution in [-0.4, -0.2) is 22.9 Å². The number of sulfonamides is 2. The van der Waals surface area contributed by atoms with E-state index < -0.39 is 20.0 Å². The third kappa shape index (κ3) is 3.17. The van der Waals surface area contributed by atoms with E-state index >= 15 is 0 Å². The smallest absolute Gasteiger partial charge is 0.263 e. The quantitative estimate of drug-likeness (QED) is 0.877. The maximum Gasteiger partial charge on any atom is 0.264 e. The zero-order valence-electron chi connectivity index (χ0n) is 14.0. The first-order valence-corrected chi connectivity index (χ1v) is 10.9. The SMILES string of the molecule is CCc1ccc(S(=O)(=O)N2c3ccc(S(N)(=O)=O)cc3CC2C)cc1. The first-order valence-electron chi connectivity index (χ1n) is 7.93. The van der Waals surface area contributed by atoms with Crippen LogP contribution in [0, 0.1) is 0 Å². The summed E-state index contributed by atoms with van der Waals surface area (Å²) in [4.78, 5) is 0.213. The van der Waals surface area contributed by atoms with Crippen LogP contribution in [0.15, 0.2) is 52.3 Å². The van der Waals surface area contributed by atoms with Gasteiger partial charge in [0, 0.05) is 6.04 Å². The summed E-state index contributed by atoms with van der Waals surface area (Å²) in [5.74, 6) is 0. The maximum absolute atomic E-state index is 13.1. The first-order chi connectivity index (χ1) is 11.6. The molecule has 0 saturated heterocycles. The molecule has 0 saturated carbocycles. The van der Waals surface area contributed by atoms with Crippen molar-refractivity contribution in [2.24, 2.45) is 5.14 Å². The number of aryl methyl sites for hydroxylation is 1. The summed E-state index contributed by atoms with van der Waals surface area (Å²) >= 11 is 0. The zero-order valence-corrected chi connectivity index (χ0v) is 15.6. The number of hydrogen-bond acceptors (Lipinski definition) is 4. The van der Waals surface area contributed by atoms with Crippen molar-refractivity contribution >= 4 is 25.7 Å². The van der Waals surface area contributed by atoms with Crippen LogP contribution in [0.1, 0.15) is 25.0 Å². The monoisotopic (exact) mass is 380 g/mol. The van der Waals surface area contributed by atoms with Crippen LogP contribution in [0.4, 0.5) is 5.69 Å². The Bertz CT molecular complexity index is 1010. The number of fused-ring (bicyclic) bond motifs is 1. The van der Waals surface area contributed by atoms with Gasteiger partial charge in [-0.05, 0) is 61.2 Å². The van der Waals surface area contributed by atoms with Crippen LogP contribution in [0.2, 0.25) is 0 Å². The minimum Gasteiger partial charge on any atom is -0.263 e. The maximum atomic E-state index is 13.1. The summed E-state index contributed by atoms with van der Waals surface area (Å²) in [5.41, 5.74) is 2.22. The lowest BCUT2D eigenvalue weighted by Gasteiger charge is -2.24. The van der Waals surface area contributed by atoms with Crippen LogP contribution in [0.25, 0.3) is 0 Å². The average Bonchev–Trinajstić information content (AvgIpc) is 2.89. The standard InChI is InChI=1S/C17H20N2O4S2/c1-3-13-4-6-15(7-5-13)25(22,23)19-12(2)10-14-11-16(24(18,20)21)8-9-17(14)19/h4-9,11-12H,3,10H2,1-2H3,(H2,18,20,21). The Balaban J connectivity index is 2.06. The molecular weight excluding hydrogens is 360 g/mol. The topological polar surface area (TPSA) is 97.5 Å². The molecule has 3 rings (SSSR count). The Kier molecular flexibility index (Phi) is 4.38. The third-order valence-electron chi connectivity index (χ3n) is 4.42. The summed E-state index contributed by atoms with van der Waals surface area (Å²) in [6.45, 7) is 3.81. The fraction of sp³-hybridized carbons (Fsp3) is 0.294. The van der Waals surface area contributed by atoms with E-state index in [0.29, 0.717) is 17.7 Å². The van der Waals surface area contributed by atoms with Gasteiger partial charge in [-0.2, -0.15) is 0 Å². The molecule has 0 fully saturated rings. The Labute approximate surface area is 148 Å². The summed E-state index contributed by atoms with van der Waals surface area (Å²) in [7, 11) is -7.54. The van der Waals surface area contributed by atoms with Crippen LogP contribution in [0.3, 0.4) is 0 Å². The second-order valence-corrected chi connectivity index (χ2v) is 9.56. The van der Waals surface area contributed by atoms with Crippen LogP contribution >= 0.6 is 0 Å². The number of benzene rings is 2. The highest BCUT2D eigenvalue weighted by atomic mass is 32.2. The molecule has 2 N–H and O–H groups in total. The van der Waals surface area contributed by atoms with E-state index in [1.807, 2.05) is 6.92 Å². The van der Waals surface area contributed by atoms with E-state index in [9.17, 15) is 16.8 Å². The minimum absolute atomic E-state index is 0.00926. The number of nitrogens with two attached hydrogens (primary N) is 1. The lowest BCUT2D eigenvalue weighted by atomic mass is 10.1. The van der Waals surface area contributed by atoms with Crippen molar-refractivity contribution in [2.45, 2.75) is 42.5 Å². The van der Waals surface area contributed by atoms with Crippen molar-refractivity contribution < 1.29 is 16.8 Å². The molecule has 1 aliphatic heterocycles. The largest absolute Gasteiger partial charge is 0.264 e. The highest BCUT2D eigenvalue weighted by molar-refractivity contribution is 7.93. The molecular formula is C17H20N2O4S2. The second-order valence-electron chi connectivity index (χ2n) is 6.19. The molecule has 1 heterocycles. The number of nitrogens with zero attached hydrogens (tertiary/aromatic N) is 1. The molecule has 0 amide bonds. The van der Waals surface area contributed by atoms with Crippen molar-refractivity contribution in [3.63, 3.8) is 0 Å². The number of anilines is 1. The number of rotatable bonds is 4. The molecule has 8 heteroatoms. The van der Waals surface area contributed by atoms with Gasteiger partial charge >= 0.3 is 0 Å². The molecule has 6 nitrogen and oxygen atoms in total. The first kappa shape index (κ1) is 17.9. The van der Waals surface area contributed by atoms with Gasteiger partial charge in [0.2, 0.25) is 10.0 Å². The van der Waals surface area contributed by atoms with Gasteiger partial charge < -0.3 is 0 Å².